The Morgan fingerprint density at radius 3 is 2.54 bits per heavy atom. The Morgan fingerprint density at radius 1 is 1.24 bits per heavy atom. The number of nitrogens with two attached hydrogens (primary N) is 1. The molecular weight excluding hydrogens is 510 g/mol. The lowest BCUT2D eigenvalue weighted by Gasteiger charge is -2.49. The van der Waals surface area contributed by atoms with Gasteiger partial charge in [0.2, 0.25) is 5.91 Å². The second-order valence-corrected chi connectivity index (χ2v) is 9.78. The smallest absolute Gasteiger partial charge is 0.352 e. The van der Waals surface area contributed by atoms with Crippen molar-refractivity contribution in [3.8, 4) is 0 Å². The van der Waals surface area contributed by atoms with Gasteiger partial charge in [-0.3, -0.25) is 19.3 Å². The van der Waals surface area contributed by atoms with Crippen LogP contribution < -0.4 is 16.4 Å². The Balaban J connectivity index is 1.58. The number of benzene rings is 1. The molecule has 3 atom stereocenters. The van der Waals surface area contributed by atoms with E-state index in [9.17, 15) is 33.1 Å². The first kappa shape index (κ1) is 28.5. The number of halogens is 2. The second-order valence-electron chi connectivity index (χ2n) is 8.67. The summed E-state index contributed by atoms with van der Waals surface area (Å²) in [6.07, 6.45) is -1.26. The first-order valence-electron chi connectivity index (χ1n) is 11.8. The van der Waals surface area contributed by atoms with Gasteiger partial charge in [0.1, 0.15) is 23.7 Å². The molecule has 0 radical (unpaired) electrons. The summed E-state index contributed by atoms with van der Waals surface area (Å²) >= 11 is 1.26. The van der Waals surface area contributed by atoms with Gasteiger partial charge in [-0.05, 0) is 37.1 Å². The Labute approximate surface area is 217 Å². The molecule has 2 heterocycles. The number of amides is 2. The third-order valence-corrected chi connectivity index (χ3v) is 7.31. The number of hydrogen-bond donors (Lipinski definition) is 4. The molecule has 13 heteroatoms. The number of carboxylic acid groups (broad SMARTS) is 1. The SMILES string of the molecule is CC(=O)OCC1=C(C(=O)O)N2C(=O)C(NC(=O)Cc3ccc(C(NCCCCN)C(F)F)cc3)C2SC1. The van der Waals surface area contributed by atoms with Crippen LogP contribution in [-0.4, -0.2) is 77.0 Å². The Hall–Kier alpha value is -3.03. The van der Waals surface area contributed by atoms with Crippen LogP contribution in [0.2, 0.25) is 0 Å². The first-order valence-corrected chi connectivity index (χ1v) is 12.8. The van der Waals surface area contributed by atoms with Gasteiger partial charge < -0.3 is 26.2 Å². The van der Waals surface area contributed by atoms with Crippen LogP contribution in [0.4, 0.5) is 8.78 Å². The number of rotatable bonds is 13. The van der Waals surface area contributed by atoms with E-state index in [1.54, 1.807) is 12.1 Å². The third kappa shape index (κ3) is 7.05. The van der Waals surface area contributed by atoms with Gasteiger partial charge in [0, 0.05) is 18.2 Å². The fourth-order valence-electron chi connectivity index (χ4n) is 4.12. The van der Waals surface area contributed by atoms with Crippen molar-refractivity contribution in [1.82, 2.24) is 15.5 Å². The molecule has 3 rings (SSSR count). The highest BCUT2D eigenvalue weighted by Gasteiger charge is 2.54. The molecule has 0 saturated carbocycles. The summed E-state index contributed by atoms with van der Waals surface area (Å²) in [5.74, 6) is -2.69. The number of aliphatic carboxylic acids is 1. The number of nitrogens with zero attached hydrogens (tertiary/aromatic N) is 1. The first-order chi connectivity index (χ1) is 17.6. The van der Waals surface area contributed by atoms with Crippen LogP contribution in [0.5, 0.6) is 0 Å². The second kappa shape index (κ2) is 13.0. The summed E-state index contributed by atoms with van der Waals surface area (Å²) in [6, 6.07) is 4.21. The highest BCUT2D eigenvalue weighted by atomic mass is 32.2. The van der Waals surface area contributed by atoms with E-state index in [0.717, 1.165) is 11.3 Å². The van der Waals surface area contributed by atoms with Crippen molar-refractivity contribution >= 4 is 35.5 Å². The van der Waals surface area contributed by atoms with Crippen molar-refractivity contribution in [3.63, 3.8) is 0 Å². The van der Waals surface area contributed by atoms with Crippen LogP contribution >= 0.6 is 11.8 Å². The number of thioether (sulfide) groups is 1. The minimum atomic E-state index is -2.60. The number of alkyl halides is 2. The minimum absolute atomic E-state index is 0.0793. The predicted molar refractivity (Wildman–Crippen MR) is 131 cm³/mol. The molecule has 1 aromatic carbocycles. The molecule has 37 heavy (non-hydrogen) atoms. The third-order valence-electron chi connectivity index (χ3n) is 5.97. The lowest BCUT2D eigenvalue weighted by molar-refractivity contribution is -0.151. The van der Waals surface area contributed by atoms with E-state index in [4.69, 9.17) is 10.5 Å². The van der Waals surface area contributed by atoms with Crippen LogP contribution in [0.25, 0.3) is 0 Å². The molecule has 3 unspecified atom stereocenters. The van der Waals surface area contributed by atoms with E-state index in [-0.39, 0.29) is 24.5 Å². The van der Waals surface area contributed by atoms with E-state index < -0.39 is 47.6 Å². The Morgan fingerprint density at radius 2 is 1.95 bits per heavy atom. The largest absolute Gasteiger partial charge is 0.477 e. The molecule has 0 bridgehead atoms. The van der Waals surface area contributed by atoms with Crippen LogP contribution in [0.15, 0.2) is 35.5 Å². The fourth-order valence-corrected chi connectivity index (χ4v) is 5.44. The number of carbonyl (C=O) groups is 4. The molecule has 202 valence electrons. The number of esters is 1. The van der Waals surface area contributed by atoms with E-state index in [2.05, 4.69) is 10.6 Å². The molecule has 10 nitrogen and oxygen atoms in total. The van der Waals surface area contributed by atoms with Gasteiger partial charge in [0.25, 0.3) is 12.3 Å². The van der Waals surface area contributed by atoms with Crippen LogP contribution in [-0.2, 0) is 30.3 Å². The maximum Gasteiger partial charge on any atom is 0.352 e. The summed E-state index contributed by atoms with van der Waals surface area (Å²) in [5.41, 5.74) is 6.47. The maximum atomic E-state index is 13.5. The molecule has 2 aliphatic rings. The molecule has 0 aromatic heterocycles. The molecule has 5 N–H and O–H groups in total. The highest BCUT2D eigenvalue weighted by Crippen LogP contribution is 2.40. The Bertz CT molecular complexity index is 1050. The zero-order chi connectivity index (χ0) is 27.1. The van der Waals surface area contributed by atoms with Crippen molar-refractivity contribution in [2.45, 2.75) is 50.1 Å². The fraction of sp³-hybridized carbons (Fsp3) is 0.500. The molecule has 0 spiro atoms. The van der Waals surface area contributed by atoms with E-state index in [1.165, 1.54) is 30.8 Å². The number of β-lactam (4-membered cyclic amide) rings is 1. The van der Waals surface area contributed by atoms with Gasteiger partial charge in [0.05, 0.1) is 12.5 Å². The standard InChI is InChI=1S/C24H30F2N4O6S/c1-13(31)36-11-16-12-37-23-19(22(33)30(23)20(16)24(34)35)29-17(32)10-14-4-6-15(7-5-14)18(21(25)26)28-9-3-2-8-27/h4-7,18-19,21,23,28H,2-3,8-12,27H2,1H3,(H,29,32)(H,34,35). The maximum absolute atomic E-state index is 13.5. The topological polar surface area (TPSA) is 151 Å². The van der Waals surface area contributed by atoms with Crippen molar-refractivity contribution in [3.05, 3.63) is 46.7 Å². The summed E-state index contributed by atoms with van der Waals surface area (Å²) < 4.78 is 31.9. The average Bonchev–Trinajstić information content (AvgIpc) is 2.85. The number of fused-ring (bicyclic) bond motifs is 1. The van der Waals surface area contributed by atoms with Gasteiger partial charge in [-0.1, -0.05) is 24.3 Å². The molecule has 2 aliphatic heterocycles. The van der Waals surface area contributed by atoms with Gasteiger partial charge in [-0.2, -0.15) is 0 Å². The molecule has 1 saturated heterocycles. The number of carboxylic acids is 1. The molecule has 1 fully saturated rings. The number of ether oxygens (including phenoxy) is 1. The Kier molecular flexibility index (Phi) is 10.0. The summed E-state index contributed by atoms with van der Waals surface area (Å²) in [6.45, 7) is 1.87. The molecular formula is C24H30F2N4O6S. The van der Waals surface area contributed by atoms with E-state index >= 15 is 0 Å². The predicted octanol–water partition coefficient (Wildman–Crippen LogP) is 1.17. The minimum Gasteiger partial charge on any atom is -0.477 e. The van der Waals surface area contributed by atoms with Crippen molar-refractivity contribution < 1.29 is 37.8 Å². The summed E-state index contributed by atoms with van der Waals surface area (Å²) in [7, 11) is 0. The summed E-state index contributed by atoms with van der Waals surface area (Å²) in [5, 5.41) is 14.5. The van der Waals surface area contributed by atoms with E-state index in [1.807, 2.05) is 0 Å². The number of carbonyl (C=O) groups excluding carboxylic acids is 3. The quantitative estimate of drug-likeness (QED) is 0.164. The number of hydrogen-bond acceptors (Lipinski definition) is 8. The van der Waals surface area contributed by atoms with Crippen LogP contribution in [0.1, 0.15) is 36.9 Å². The lowest BCUT2D eigenvalue weighted by atomic mass is 10.0. The van der Waals surface area contributed by atoms with E-state index in [0.29, 0.717) is 36.2 Å². The molecule has 0 aliphatic carbocycles. The zero-order valence-electron chi connectivity index (χ0n) is 20.2. The van der Waals surface area contributed by atoms with Crippen LogP contribution in [0, 0.1) is 0 Å². The number of nitrogens with one attached hydrogen (secondary N) is 2. The highest BCUT2D eigenvalue weighted by molar-refractivity contribution is 8.00. The van der Waals surface area contributed by atoms with Crippen LogP contribution in [0.3, 0.4) is 0 Å². The number of unbranched alkanes of at least 4 members (excludes halogenated alkanes) is 1. The van der Waals surface area contributed by atoms with Gasteiger partial charge in [-0.25, -0.2) is 13.6 Å². The zero-order valence-corrected chi connectivity index (χ0v) is 21.1. The normalized spacial score (nSPS) is 19.8. The van der Waals surface area contributed by atoms with Gasteiger partial charge >= 0.3 is 11.9 Å². The van der Waals surface area contributed by atoms with Gasteiger partial charge in [0.15, 0.2) is 0 Å². The molecule has 1 aromatic rings. The molecule has 2 amide bonds. The van der Waals surface area contributed by atoms with Crippen molar-refractivity contribution in [2.75, 3.05) is 25.4 Å². The monoisotopic (exact) mass is 540 g/mol. The van der Waals surface area contributed by atoms with Gasteiger partial charge in [-0.15, -0.1) is 11.8 Å². The summed E-state index contributed by atoms with van der Waals surface area (Å²) in [4.78, 5) is 49.3. The average molecular weight is 541 g/mol. The van der Waals surface area contributed by atoms with Crippen molar-refractivity contribution in [2.24, 2.45) is 5.73 Å². The van der Waals surface area contributed by atoms with Crippen molar-refractivity contribution in [1.29, 1.82) is 0 Å². The lowest BCUT2D eigenvalue weighted by Crippen LogP contribution is -2.70.